The van der Waals surface area contributed by atoms with Crippen molar-refractivity contribution in [3.8, 4) is 0 Å². The van der Waals surface area contributed by atoms with Crippen LogP contribution in [0, 0.1) is 50.2 Å². The van der Waals surface area contributed by atoms with Crippen molar-refractivity contribution in [2.75, 3.05) is 6.61 Å². The van der Waals surface area contributed by atoms with E-state index in [9.17, 15) is 9.59 Å². The van der Waals surface area contributed by atoms with E-state index >= 15 is 0 Å². The number of hydrogen-bond donors (Lipinski definition) is 0. The monoisotopic (exact) mass is 526 g/mol. The first kappa shape index (κ1) is 28.2. The standard InChI is InChI=1S/C34H54O4/c1-22(35)37-21-34-18-16-29(3,4)20-25(34)24-10-11-27-31(7)14-13-28(38-23(2)36)30(5,6)26(31)12-15-33(27,9)32(24,8)17-19-34/h10,25-28H,11-21H2,1-9H3/t25-,26-,27-,28+,31-,32+,33+,34+/m0/s1. The SMILES string of the molecule is CC(=O)OC[C@]12CCC(C)(C)C[C@H]1C1=CC[C@H]3[C@@]4(C)CC[C@@H](OC(C)=O)C(C)(C)[C@@H]4CC[C@@]3(C)[C@]1(C)CC2. The van der Waals surface area contributed by atoms with Gasteiger partial charge < -0.3 is 9.47 Å². The molecule has 5 aliphatic rings. The van der Waals surface area contributed by atoms with E-state index in [0.29, 0.717) is 29.8 Å². The van der Waals surface area contributed by atoms with E-state index in [1.807, 2.05) is 0 Å². The molecular formula is C34H54O4. The maximum absolute atomic E-state index is 11.9. The predicted octanol–water partition coefficient (Wildman–Crippen LogP) is 8.28. The van der Waals surface area contributed by atoms with Crippen molar-refractivity contribution in [3.63, 3.8) is 0 Å². The van der Waals surface area contributed by atoms with Gasteiger partial charge in [0.1, 0.15) is 6.10 Å². The maximum atomic E-state index is 11.9. The van der Waals surface area contributed by atoms with Gasteiger partial charge in [-0.05, 0) is 104 Å². The molecule has 0 N–H and O–H groups in total. The summed E-state index contributed by atoms with van der Waals surface area (Å²) in [7, 11) is 0. The molecule has 4 heteroatoms. The molecule has 0 bridgehead atoms. The van der Waals surface area contributed by atoms with Crippen molar-refractivity contribution in [2.45, 2.75) is 133 Å². The molecule has 4 fully saturated rings. The molecule has 0 unspecified atom stereocenters. The fraction of sp³-hybridized carbons (Fsp3) is 0.882. The fourth-order valence-electron chi connectivity index (χ4n) is 11.2. The van der Waals surface area contributed by atoms with Crippen LogP contribution in [0.3, 0.4) is 0 Å². The van der Waals surface area contributed by atoms with Crippen molar-refractivity contribution in [2.24, 2.45) is 50.2 Å². The smallest absolute Gasteiger partial charge is 0.302 e. The van der Waals surface area contributed by atoms with Crippen molar-refractivity contribution < 1.29 is 19.1 Å². The van der Waals surface area contributed by atoms with Crippen molar-refractivity contribution in [3.05, 3.63) is 11.6 Å². The minimum absolute atomic E-state index is 0.00988. The van der Waals surface area contributed by atoms with Crippen LogP contribution in [0.1, 0.15) is 127 Å². The third-order valence-electron chi connectivity index (χ3n) is 13.6. The van der Waals surface area contributed by atoms with Gasteiger partial charge in [0.2, 0.25) is 0 Å². The zero-order chi connectivity index (χ0) is 27.9. The molecule has 4 saturated carbocycles. The van der Waals surface area contributed by atoms with Crippen LogP contribution in [0.25, 0.3) is 0 Å². The highest BCUT2D eigenvalue weighted by atomic mass is 16.5. The molecule has 0 spiro atoms. The molecular weight excluding hydrogens is 472 g/mol. The van der Waals surface area contributed by atoms with Crippen molar-refractivity contribution in [1.29, 1.82) is 0 Å². The molecule has 0 aliphatic heterocycles. The predicted molar refractivity (Wildman–Crippen MR) is 151 cm³/mol. The summed E-state index contributed by atoms with van der Waals surface area (Å²) in [6.07, 6.45) is 14.4. The number of allylic oxidation sites excluding steroid dienone is 2. The van der Waals surface area contributed by atoms with Gasteiger partial charge >= 0.3 is 11.9 Å². The van der Waals surface area contributed by atoms with E-state index in [1.54, 1.807) is 19.4 Å². The molecule has 0 saturated heterocycles. The van der Waals surface area contributed by atoms with Gasteiger partial charge in [0.25, 0.3) is 0 Å². The summed E-state index contributed by atoms with van der Waals surface area (Å²) < 4.78 is 11.7. The zero-order valence-corrected chi connectivity index (χ0v) is 25.8. The highest BCUT2D eigenvalue weighted by Crippen LogP contribution is 2.75. The lowest BCUT2D eigenvalue weighted by molar-refractivity contribution is -0.213. The average molecular weight is 527 g/mol. The topological polar surface area (TPSA) is 52.6 Å². The summed E-state index contributed by atoms with van der Waals surface area (Å²) >= 11 is 0. The van der Waals surface area contributed by atoms with E-state index in [-0.39, 0.29) is 45.1 Å². The Balaban J connectivity index is 1.52. The average Bonchev–Trinajstić information content (AvgIpc) is 2.80. The number of hydrogen-bond acceptors (Lipinski definition) is 4. The maximum Gasteiger partial charge on any atom is 0.302 e. The van der Waals surface area contributed by atoms with E-state index in [4.69, 9.17) is 9.47 Å². The molecule has 5 rings (SSSR count). The van der Waals surface area contributed by atoms with E-state index < -0.39 is 0 Å². The third-order valence-corrected chi connectivity index (χ3v) is 13.6. The van der Waals surface area contributed by atoms with E-state index in [2.05, 4.69) is 54.5 Å². The van der Waals surface area contributed by atoms with Crippen LogP contribution >= 0.6 is 0 Å². The van der Waals surface area contributed by atoms with Crippen LogP contribution in [-0.2, 0) is 19.1 Å². The quantitative estimate of drug-likeness (QED) is 0.274. The highest BCUT2D eigenvalue weighted by molar-refractivity contribution is 5.66. The number of esters is 2. The fourth-order valence-corrected chi connectivity index (χ4v) is 11.2. The minimum Gasteiger partial charge on any atom is -0.465 e. The number of rotatable bonds is 3. The second kappa shape index (κ2) is 8.84. The second-order valence-electron chi connectivity index (χ2n) is 16.3. The van der Waals surface area contributed by atoms with Crippen LogP contribution in [0.15, 0.2) is 11.6 Å². The minimum atomic E-state index is -0.140. The summed E-state index contributed by atoms with van der Waals surface area (Å²) in [5.41, 5.74) is 2.79. The summed E-state index contributed by atoms with van der Waals surface area (Å²) in [6, 6.07) is 0. The van der Waals surface area contributed by atoms with Crippen LogP contribution in [-0.4, -0.2) is 24.6 Å². The van der Waals surface area contributed by atoms with Crippen LogP contribution in [0.4, 0.5) is 0 Å². The molecule has 8 atom stereocenters. The Morgan fingerprint density at radius 1 is 0.842 bits per heavy atom. The Morgan fingerprint density at radius 3 is 2.18 bits per heavy atom. The molecule has 38 heavy (non-hydrogen) atoms. The third kappa shape index (κ3) is 3.96. The van der Waals surface area contributed by atoms with Gasteiger partial charge in [-0.3, -0.25) is 9.59 Å². The Hall–Kier alpha value is -1.32. The lowest BCUT2D eigenvalue weighted by Gasteiger charge is -2.71. The van der Waals surface area contributed by atoms with Gasteiger partial charge in [0.05, 0.1) is 6.61 Å². The van der Waals surface area contributed by atoms with Crippen LogP contribution < -0.4 is 0 Å². The largest absolute Gasteiger partial charge is 0.465 e. The lowest BCUT2D eigenvalue weighted by Crippen LogP contribution is -2.65. The Labute approximate surface area is 232 Å². The van der Waals surface area contributed by atoms with Gasteiger partial charge in [0, 0.05) is 24.7 Å². The number of ether oxygens (including phenoxy) is 2. The zero-order valence-electron chi connectivity index (χ0n) is 25.8. The molecule has 0 radical (unpaired) electrons. The van der Waals surface area contributed by atoms with Crippen molar-refractivity contribution in [1.82, 2.24) is 0 Å². The van der Waals surface area contributed by atoms with Crippen LogP contribution in [0.5, 0.6) is 0 Å². The summed E-state index contributed by atoms with van der Waals surface area (Å²) in [5, 5.41) is 0. The van der Waals surface area contributed by atoms with Crippen molar-refractivity contribution >= 4 is 11.9 Å². The number of carbonyl (C=O) groups is 2. The van der Waals surface area contributed by atoms with E-state index in [1.165, 1.54) is 32.1 Å². The Bertz CT molecular complexity index is 1020. The summed E-state index contributed by atoms with van der Waals surface area (Å²) in [4.78, 5) is 23.8. The summed E-state index contributed by atoms with van der Waals surface area (Å²) in [5.74, 6) is 1.42. The highest BCUT2D eigenvalue weighted by Gasteiger charge is 2.68. The molecule has 0 heterocycles. The first-order chi connectivity index (χ1) is 17.5. The number of carbonyl (C=O) groups excluding carboxylic acids is 2. The normalized spacial score (nSPS) is 46.8. The molecule has 0 aromatic rings. The Morgan fingerprint density at radius 2 is 1.53 bits per heavy atom. The first-order valence-electron chi connectivity index (χ1n) is 15.5. The molecule has 0 aromatic heterocycles. The molecule has 5 aliphatic carbocycles. The van der Waals surface area contributed by atoms with Gasteiger partial charge in [-0.1, -0.05) is 60.1 Å². The van der Waals surface area contributed by atoms with Gasteiger partial charge in [-0.15, -0.1) is 0 Å². The molecule has 4 nitrogen and oxygen atoms in total. The Kier molecular flexibility index (Phi) is 6.56. The van der Waals surface area contributed by atoms with Gasteiger partial charge in [-0.2, -0.15) is 0 Å². The van der Waals surface area contributed by atoms with Gasteiger partial charge in [-0.25, -0.2) is 0 Å². The molecule has 214 valence electrons. The van der Waals surface area contributed by atoms with Gasteiger partial charge in [0.15, 0.2) is 0 Å². The van der Waals surface area contributed by atoms with Crippen LogP contribution in [0.2, 0.25) is 0 Å². The first-order valence-corrected chi connectivity index (χ1v) is 15.5. The molecule has 0 amide bonds. The van der Waals surface area contributed by atoms with E-state index in [0.717, 1.165) is 32.1 Å². The molecule has 0 aromatic carbocycles. The number of fused-ring (bicyclic) bond motifs is 7. The second-order valence-corrected chi connectivity index (χ2v) is 16.3. The summed E-state index contributed by atoms with van der Waals surface area (Å²) in [6.45, 7) is 21.2. The lowest BCUT2D eigenvalue weighted by atomic mass is 9.33.